The van der Waals surface area contributed by atoms with Crippen LogP contribution in [-0.4, -0.2) is 23.4 Å². The van der Waals surface area contributed by atoms with Crippen LogP contribution in [0.5, 0.6) is 17.2 Å². The zero-order chi connectivity index (χ0) is 13.5. The molecule has 0 aliphatic heterocycles. The molecule has 19 heavy (non-hydrogen) atoms. The average Bonchev–Trinajstić information content (AvgIpc) is 2.42. The molecule has 4 nitrogen and oxygen atoms in total. The molecule has 0 spiro atoms. The molecule has 2 rings (SSSR count). The van der Waals surface area contributed by atoms with Crippen molar-refractivity contribution < 1.29 is 14.9 Å². The molecule has 0 radical (unpaired) electrons. The molecule has 2 aromatic carbocycles. The highest BCUT2D eigenvalue weighted by Crippen LogP contribution is 2.22. The number of benzene rings is 2. The van der Waals surface area contributed by atoms with Crippen LogP contribution in [0.25, 0.3) is 0 Å². The van der Waals surface area contributed by atoms with Crippen molar-refractivity contribution in [3.05, 3.63) is 54.1 Å². The highest BCUT2D eigenvalue weighted by Gasteiger charge is 2.01. The van der Waals surface area contributed by atoms with Gasteiger partial charge in [0.1, 0.15) is 23.9 Å². The number of phenols is 2. The van der Waals surface area contributed by atoms with Crippen molar-refractivity contribution in [2.45, 2.75) is 6.54 Å². The van der Waals surface area contributed by atoms with Gasteiger partial charge < -0.3 is 20.3 Å². The van der Waals surface area contributed by atoms with E-state index in [2.05, 4.69) is 5.32 Å². The normalized spacial score (nSPS) is 10.3. The highest BCUT2D eigenvalue weighted by atomic mass is 16.5. The lowest BCUT2D eigenvalue weighted by Crippen LogP contribution is -2.20. The van der Waals surface area contributed by atoms with Crippen LogP contribution in [0.1, 0.15) is 5.56 Å². The van der Waals surface area contributed by atoms with Gasteiger partial charge in [-0.15, -0.1) is 0 Å². The van der Waals surface area contributed by atoms with Crippen molar-refractivity contribution >= 4 is 0 Å². The van der Waals surface area contributed by atoms with Crippen molar-refractivity contribution in [3.63, 3.8) is 0 Å². The Labute approximate surface area is 112 Å². The molecule has 0 amide bonds. The Balaban J connectivity index is 1.69. The number of aromatic hydroxyl groups is 2. The largest absolute Gasteiger partial charge is 0.508 e. The molecule has 0 saturated heterocycles. The minimum atomic E-state index is 0.0636. The summed E-state index contributed by atoms with van der Waals surface area (Å²) < 4.78 is 5.53. The van der Waals surface area contributed by atoms with E-state index in [9.17, 15) is 10.2 Å². The van der Waals surface area contributed by atoms with Crippen molar-refractivity contribution in [3.8, 4) is 17.2 Å². The summed E-state index contributed by atoms with van der Waals surface area (Å²) in [6.07, 6.45) is 0. The molecule has 0 heterocycles. The molecule has 0 fully saturated rings. The predicted molar refractivity (Wildman–Crippen MR) is 73.4 cm³/mol. The molecule has 0 aromatic heterocycles. The van der Waals surface area contributed by atoms with E-state index < -0.39 is 0 Å². The third-order valence-corrected chi connectivity index (χ3v) is 2.68. The molecule has 0 bridgehead atoms. The standard InChI is InChI=1S/C15H17NO3/c17-13-7-6-12(15(18)10-13)11-16-8-9-19-14-4-2-1-3-5-14/h1-7,10,16-18H,8-9,11H2. The van der Waals surface area contributed by atoms with Gasteiger partial charge in [-0.1, -0.05) is 24.3 Å². The summed E-state index contributed by atoms with van der Waals surface area (Å²) in [6.45, 7) is 1.77. The Bertz CT molecular complexity index is 514. The van der Waals surface area contributed by atoms with Gasteiger partial charge in [-0.05, 0) is 18.2 Å². The van der Waals surface area contributed by atoms with Crippen molar-refractivity contribution in [2.75, 3.05) is 13.2 Å². The van der Waals surface area contributed by atoms with E-state index >= 15 is 0 Å². The first-order valence-electron chi connectivity index (χ1n) is 6.15. The summed E-state index contributed by atoms with van der Waals surface area (Å²) >= 11 is 0. The molecule has 3 N–H and O–H groups in total. The number of rotatable bonds is 6. The Hall–Kier alpha value is -2.20. The summed E-state index contributed by atoms with van der Waals surface area (Å²) in [5, 5.41) is 21.9. The molecule has 0 unspecified atom stereocenters. The molecule has 0 aliphatic rings. The van der Waals surface area contributed by atoms with Crippen molar-refractivity contribution in [2.24, 2.45) is 0 Å². The minimum Gasteiger partial charge on any atom is -0.508 e. The predicted octanol–water partition coefficient (Wildman–Crippen LogP) is 2.27. The Morgan fingerprint density at radius 1 is 1.00 bits per heavy atom. The summed E-state index contributed by atoms with van der Waals surface area (Å²) in [6, 6.07) is 14.2. The lowest BCUT2D eigenvalue weighted by atomic mass is 10.2. The summed E-state index contributed by atoms with van der Waals surface area (Å²) in [4.78, 5) is 0. The lowest BCUT2D eigenvalue weighted by Gasteiger charge is -2.08. The van der Waals surface area contributed by atoms with Gasteiger partial charge >= 0.3 is 0 Å². The zero-order valence-corrected chi connectivity index (χ0v) is 10.5. The van der Waals surface area contributed by atoms with E-state index in [1.807, 2.05) is 30.3 Å². The van der Waals surface area contributed by atoms with E-state index in [0.717, 1.165) is 11.3 Å². The zero-order valence-electron chi connectivity index (χ0n) is 10.5. The Morgan fingerprint density at radius 3 is 2.53 bits per heavy atom. The van der Waals surface area contributed by atoms with Crippen LogP contribution in [0.2, 0.25) is 0 Å². The molecule has 2 aromatic rings. The van der Waals surface area contributed by atoms with Gasteiger partial charge in [0.15, 0.2) is 0 Å². The minimum absolute atomic E-state index is 0.0636. The van der Waals surface area contributed by atoms with E-state index in [4.69, 9.17) is 4.74 Å². The molecule has 100 valence electrons. The summed E-state index contributed by atoms with van der Waals surface area (Å²) in [7, 11) is 0. The fourth-order valence-electron chi connectivity index (χ4n) is 1.68. The number of ether oxygens (including phenoxy) is 1. The van der Waals surface area contributed by atoms with Gasteiger partial charge in [-0.2, -0.15) is 0 Å². The third-order valence-electron chi connectivity index (χ3n) is 2.68. The quantitative estimate of drug-likeness (QED) is 0.696. The summed E-state index contributed by atoms with van der Waals surface area (Å²) in [5.41, 5.74) is 0.748. The lowest BCUT2D eigenvalue weighted by molar-refractivity contribution is 0.313. The third kappa shape index (κ3) is 4.19. The Morgan fingerprint density at radius 2 is 1.79 bits per heavy atom. The number of hydrogen-bond acceptors (Lipinski definition) is 4. The van der Waals surface area contributed by atoms with E-state index in [1.165, 1.54) is 6.07 Å². The monoisotopic (exact) mass is 259 g/mol. The van der Waals surface area contributed by atoms with Gasteiger partial charge in [0.25, 0.3) is 0 Å². The van der Waals surface area contributed by atoms with Gasteiger partial charge in [-0.25, -0.2) is 0 Å². The second-order valence-electron chi connectivity index (χ2n) is 4.15. The van der Waals surface area contributed by atoms with Crippen LogP contribution < -0.4 is 10.1 Å². The number of nitrogens with one attached hydrogen (secondary N) is 1. The second kappa shape index (κ2) is 6.66. The van der Waals surface area contributed by atoms with Crippen LogP contribution in [0.4, 0.5) is 0 Å². The maximum absolute atomic E-state index is 9.59. The maximum atomic E-state index is 9.59. The molecular formula is C15H17NO3. The number of hydrogen-bond donors (Lipinski definition) is 3. The fourth-order valence-corrected chi connectivity index (χ4v) is 1.68. The van der Waals surface area contributed by atoms with Gasteiger partial charge in [0.2, 0.25) is 0 Å². The first kappa shape index (κ1) is 13.2. The molecule has 0 atom stereocenters. The molecule has 0 saturated carbocycles. The average molecular weight is 259 g/mol. The van der Waals surface area contributed by atoms with E-state index in [1.54, 1.807) is 12.1 Å². The van der Waals surface area contributed by atoms with Crippen LogP contribution in [0.3, 0.4) is 0 Å². The first-order chi connectivity index (χ1) is 9.25. The smallest absolute Gasteiger partial charge is 0.123 e. The molecule has 0 aliphatic carbocycles. The fraction of sp³-hybridized carbons (Fsp3) is 0.200. The topological polar surface area (TPSA) is 61.7 Å². The van der Waals surface area contributed by atoms with Crippen molar-refractivity contribution in [1.29, 1.82) is 0 Å². The highest BCUT2D eigenvalue weighted by molar-refractivity contribution is 5.38. The van der Waals surface area contributed by atoms with Gasteiger partial charge in [0, 0.05) is 24.7 Å². The van der Waals surface area contributed by atoms with Crippen LogP contribution >= 0.6 is 0 Å². The number of para-hydroxylation sites is 1. The first-order valence-corrected chi connectivity index (χ1v) is 6.15. The van der Waals surface area contributed by atoms with Crippen molar-refractivity contribution in [1.82, 2.24) is 5.32 Å². The van der Waals surface area contributed by atoms with Gasteiger partial charge in [0.05, 0.1) is 0 Å². The van der Waals surface area contributed by atoms with Crippen LogP contribution in [0, 0.1) is 0 Å². The summed E-state index contributed by atoms with van der Waals surface area (Å²) in [5.74, 6) is 1.00. The molecule has 4 heteroatoms. The van der Waals surface area contributed by atoms with E-state index in [0.29, 0.717) is 19.7 Å². The van der Waals surface area contributed by atoms with Gasteiger partial charge in [-0.3, -0.25) is 0 Å². The SMILES string of the molecule is Oc1ccc(CNCCOc2ccccc2)c(O)c1. The van der Waals surface area contributed by atoms with Crippen LogP contribution in [-0.2, 0) is 6.54 Å². The van der Waals surface area contributed by atoms with Crippen LogP contribution in [0.15, 0.2) is 48.5 Å². The maximum Gasteiger partial charge on any atom is 0.123 e. The number of phenolic OH excluding ortho intramolecular Hbond substituents is 2. The Kier molecular flexibility index (Phi) is 4.64. The molecular weight excluding hydrogens is 242 g/mol. The van der Waals surface area contributed by atoms with E-state index in [-0.39, 0.29) is 11.5 Å². The second-order valence-corrected chi connectivity index (χ2v) is 4.15.